The van der Waals surface area contributed by atoms with E-state index in [1.54, 1.807) is 22.6 Å². The molecule has 102 valence electrons. The molecule has 1 fully saturated rings. The largest absolute Gasteiger partial charge is 0.265 e. The van der Waals surface area contributed by atoms with Crippen molar-refractivity contribution in [2.45, 2.75) is 23.2 Å². The first-order chi connectivity index (χ1) is 9.63. The summed E-state index contributed by atoms with van der Waals surface area (Å²) in [6, 6.07) is 11.1. The third-order valence-corrected chi connectivity index (χ3v) is 6.01. The molecule has 1 aliphatic carbocycles. The molecule has 2 heterocycles. The van der Waals surface area contributed by atoms with Crippen LogP contribution in [0.25, 0.3) is 0 Å². The number of fused-ring (bicyclic) bond motifs is 2. The zero-order chi connectivity index (χ0) is 13.8. The second kappa shape index (κ2) is 3.82. The van der Waals surface area contributed by atoms with Crippen LogP contribution in [-0.2, 0) is 15.4 Å². The molecular weight excluding hydrogens is 272 g/mol. The fourth-order valence-corrected chi connectivity index (χ4v) is 4.54. The van der Waals surface area contributed by atoms with Gasteiger partial charge in [0.05, 0.1) is 5.69 Å². The van der Waals surface area contributed by atoms with Crippen LogP contribution < -0.4 is 4.31 Å². The van der Waals surface area contributed by atoms with Crippen LogP contribution in [0.2, 0.25) is 0 Å². The lowest BCUT2D eigenvalue weighted by Gasteiger charge is -2.19. The second-order valence-electron chi connectivity index (χ2n) is 5.50. The Bertz CT molecular complexity index is 767. The normalized spacial score (nSPS) is 19.1. The number of rotatable bonds is 2. The fourth-order valence-electron chi connectivity index (χ4n) is 3.00. The highest BCUT2D eigenvalue weighted by Crippen LogP contribution is 2.57. The van der Waals surface area contributed by atoms with Crippen molar-refractivity contribution in [1.82, 2.24) is 4.98 Å². The molecule has 1 aliphatic heterocycles. The molecule has 0 saturated heterocycles. The Kier molecular flexibility index (Phi) is 2.27. The summed E-state index contributed by atoms with van der Waals surface area (Å²) in [6.07, 6.45) is 5.14. The first-order valence-electron chi connectivity index (χ1n) is 6.66. The lowest BCUT2D eigenvalue weighted by Crippen LogP contribution is -2.31. The molecule has 0 amide bonds. The Balaban J connectivity index is 1.85. The molecule has 5 heteroatoms. The molecule has 0 bridgehead atoms. The minimum absolute atomic E-state index is 0.0614. The van der Waals surface area contributed by atoms with Crippen molar-refractivity contribution in [1.29, 1.82) is 0 Å². The van der Waals surface area contributed by atoms with Gasteiger partial charge in [-0.25, -0.2) is 8.42 Å². The van der Waals surface area contributed by atoms with E-state index in [1.807, 2.05) is 18.2 Å². The first kappa shape index (κ1) is 11.9. The van der Waals surface area contributed by atoms with E-state index in [4.69, 9.17) is 0 Å². The van der Waals surface area contributed by atoms with Gasteiger partial charge in [-0.2, -0.15) is 0 Å². The SMILES string of the molecule is O=S(=O)(c1cccnc1)N1CC2(CC2)c2ccccc21. The summed E-state index contributed by atoms with van der Waals surface area (Å²) >= 11 is 0. The summed E-state index contributed by atoms with van der Waals surface area (Å²) in [5, 5.41) is 0. The molecule has 4 rings (SSSR count). The smallest absolute Gasteiger partial charge is 0.265 e. The fraction of sp³-hybridized carbons (Fsp3) is 0.267. The quantitative estimate of drug-likeness (QED) is 0.851. The number of nitrogens with zero attached hydrogens (tertiary/aromatic N) is 2. The number of pyridine rings is 1. The van der Waals surface area contributed by atoms with E-state index >= 15 is 0 Å². The number of hydrogen-bond acceptors (Lipinski definition) is 3. The van der Waals surface area contributed by atoms with Crippen LogP contribution >= 0.6 is 0 Å². The van der Waals surface area contributed by atoms with Crippen molar-refractivity contribution in [2.24, 2.45) is 0 Å². The molecule has 20 heavy (non-hydrogen) atoms. The maximum atomic E-state index is 12.8. The predicted molar refractivity (Wildman–Crippen MR) is 76.1 cm³/mol. The third-order valence-electron chi connectivity index (χ3n) is 4.27. The van der Waals surface area contributed by atoms with Crippen molar-refractivity contribution in [3.05, 3.63) is 54.4 Å². The van der Waals surface area contributed by atoms with Crippen molar-refractivity contribution in [3.8, 4) is 0 Å². The van der Waals surface area contributed by atoms with Crippen molar-refractivity contribution in [2.75, 3.05) is 10.8 Å². The number of sulfonamides is 1. The summed E-state index contributed by atoms with van der Waals surface area (Å²) in [5.41, 5.74) is 2.06. The minimum Gasteiger partial charge on any atom is -0.265 e. The van der Waals surface area contributed by atoms with Crippen molar-refractivity contribution in [3.63, 3.8) is 0 Å². The lowest BCUT2D eigenvalue weighted by molar-refractivity contribution is 0.588. The van der Waals surface area contributed by atoms with E-state index in [9.17, 15) is 8.42 Å². The molecule has 0 unspecified atom stereocenters. The number of anilines is 1. The molecule has 1 aromatic heterocycles. The van der Waals surface area contributed by atoms with Gasteiger partial charge in [-0.15, -0.1) is 0 Å². The molecule has 0 radical (unpaired) electrons. The van der Waals surface area contributed by atoms with Gasteiger partial charge < -0.3 is 0 Å². The summed E-state index contributed by atoms with van der Waals surface area (Å²) in [7, 11) is -3.51. The van der Waals surface area contributed by atoms with Crippen LogP contribution in [0.1, 0.15) is 18.4 Å². The van der Waals surface area contributed by atoms with Crippen LogP contribution in [0.3, 0.4) is 0 Å². The van der Waals surface area contributed by atoms with Crippen LogP contribution in [0.5, 0.6) is 0 Å². The van der Waals surface area contributed by atoms with Crippen LogP contribution in [0, 0.1) is 0 Å². The van der Waals surface area contributed by atoms with Gasteiger partial charge in [-0.3, -0.25) is 9.29 Å². The molecule has 4 nitrogen and oxygen atoms in total. The highest BCUT2D eigenvalue weighted by atomic mass is 32.2. The van der Waals surface area contributed by atoms with Crippen molar-refractivity contribution >= 4 is 15.7 Å². The number of para-hydroxylation sites is 1. The number of aromatic nitrogens is 1. The summed E-state index contributed by atoms with van der Waals surface area (Å²) in [5.74, 6) is 0. The monoisotopic (exact) mass is 286 g/mol. The Morgan fingerprint density at radius 2 is 1.90 bits per heavy atom. The topological polar surface area (TPSA) is 50.3 Å². The maximum absolute atomic E-state index is 12.8. The molecule has 1 saturated carbocycles. The molecular formula is C15H14N2O2S. The predicted octanol–water partition coefficient (Wildman–Crippen LogP) is 2.32. The van der Waals surface area contributed by atoms with E-state index in [2.05, 4.69) is 11.1 Å². The Hall–Kier alpha value is -1.88. The van der Waals surface area contributed by atoms with Gasteiger partial charge in [-0.1, -0.05) is 18.2 Å². The van der Waals surface area contributed by atoms with Gasteiger partial charge in [0.15, 0.2) is 0 Å². The highest BCUT2D eigenvalue weighted by molar-refractivity contribution is 7.92. The summed E-state index contributed by atoms with van der Waals surface area (Å²) < 4.78 is 27.1. The van der Waals surface area contributed by atoms with E-state index in [0.717, 1.165) is 18.5 Å². The Morgan fingerprint density at radius 1 is 1.10 bits per heavy atom. The standard InChI is InChI=1S/C15H14N2O2S/c18-20(19,12-4-3-9-16-10-12)17-11-15(7-8-15)13-5-1-2-6-14(13)17/h1-6,9-10H,7-8,11H2. The van der Waals surface area contributed by atoms with Gasteiger partial charge in [-0.05, 0) is 36.6 Å². The van der Waals surface area contributed by atoms with Gasteiger partial charge in [0.2, 0.25) is 0 Å². The summed E-state index contributed by atoms with van der Waals surface area (Å²) in [4.78, 5) is 4.18. The molecule has 0 atom stereocenters. The van der Waals surface area contributed by atoms with Gasteiger partial charge in [0.1, 0.15) is 4.90 Å². The van der Waals surface area contributed by atoms with Gasteiger partial charge in [0.25, 0.3) is 10.0 Å². The first-order valence-corrected chi connectivity index (χ1v) is 8.10. The van der Waals surface area contributed by atoms with E-state index in [1.165, 1.54) is 11.8 Å². The number of benzene rings is 1. The molecule has 2 aromatic rings. The third kappa shape index (κ3) is 1.53. The zero-order valence-corrected chi connectivity index (χ0v) is 11.7. The van der Waals surface area contributed by atoms with Crippen LogP contribution in [0.4, 0.5) is 5.69 Å². The summed E-state index contributed by atoms with van der Waals surface area (Å²) in [6.45, 7) is 0.559. The lowest BCUT2D eigenvalue weighted by atomic mass is 9.99. The average Bonchev–Trinajstić information content (AvgIpc) is 3.18. The minimum atomic E-state index is -3.51. The molecule has 1 aromatic carbocycles. The average molecular weight is 286 g/mol. The Morgan fingerprint density at radius 3 is 2.60 bits per heavy atom. The number of hydrogen-bond donors (Lipinski definition) is 0. The highest BCUT2D eigenvalue weighted by Gasteiger charge is 2.54. The van der Waals surface area contributed by atoms with Crippen LogP contribution in [0.15, 0.2) is 53.7 Å². The van der Waals surface area contributed by atoms with Crippen LogP contribution in [-0.4, -0.2) is 19.9 Å². The maximum Gasteiger partial charge on any atom is 0.265 e. The zero-order valence-electron chi connectivity index (χ0n) is 10.9. The van der Waals surface area contributed by atoms with Gasteiger partial charge in [0, 0.05) is 24.4 Å². The van der Waals surface area contributed by atoms with Gasteiger partial charge >= 0.3 is 0 Å². The van der Waals surface area contributed by atoms with Crippen molar-refractivity contribution < 1.29 is 8.42 Å². The molecule has 1 spiro atoms. The molecule has 0 N–H and O–H groups in total. The van der Waals surface area contributed by atoms with E-state index in [0.29, 0.717) is 6.54 Å². The second-order valence-corrected chi connectivity index (χ2v) is 7.36. The van der Waals surface area contributed by atoms with E-state index in [-0.39, 0.29) is 10.3 Å². The Labute approximate surface area is 118 Å². The van der Waals surface area contributed by atoms with E-state index < -0.39 is 10.0 Å². The molecule has 2 aliphatic rings.